The van der Waals surface area contributed by atoms with Gasteiger partial charge in [-0.1, -0.05) is 64.2 Å². The SMILES string of the molecule is C=C[C@@]1(C)CCC=C2[C@H]1CC[C@@H]1[C@](C)(C(=O)NC3CCCCC3)CCC[C@@]21C. The van der Waals surface area contributed by atoms with Crippen molar-refractivity contribution in [1.29, 1.82) is 0 Å². The average Bonchev–Trinajstić information content (AvgIpc) is 2.69. The van der Waals surface area contributed by atoms with Crippen LogP contribution >= 0.6 is 0 Å². The molecule has 1 amide bonds. The van der Waals surface area contributed by atoms with E-state index in [4.69, 9.17) is 0 Å². The van der Waals surface area contributed by atoms with Crippen molar-refractivity contribution in [2.24, 2.45) is 28.1 Å². The molecule has 5 atom stereocenters. The first kappa shape index (κ1) is 20.2. The molecule has 2 heteroatoms. The molecule has 0 saturated heterocycles. The molecule has 3 saturated carbocycles. The van der Waals surface area contributed by atoms with Gasteiger partial charge in [-0.05, 0) is 74.0 Å². The molecule has 0 spiro atoms. The molecule has 28 heavy (non-hydrogen) atoms. The minimum absolute atomic E-state index is 0.185. The molecule has 0 aliphatic heterocycles. The Kier molecular flexibility index (Phi) is 5.30. The molecule has 0 aromatic rings. The summed E-state index contributed by atoms with van der Waals surface area (Å²) in [6, 6.07) is 0.417. The van der Waals surface area contributed by atoms with Gasteiger partial charge in [0.1, 0.15) is 0 Å². The van der Waals surface area contributed by atoms with Gasteiger partial charge in [-0.2, -0.15) is 0 Å². The molecule has 0 bridgehead atoms. The van der Waals surface area contributed by atoms with Gasteiger partial charge in [0.25, 0.3) is 0 Å². The minimum Gasteiger partial charge on any atom is -0.353 e. The molecule has 156 valence electrons. The van der Waals surface area contributed by atoms with E-state index in [0.29, 0.717) is 23.8 Å². The van der Waals surface area contributed by atoms with Gasteiger partial charge >= 0.3 is 0 Å². The fourth-order valence-corrected chi connectivity index (χ4v) is 7.63. The second kappa shape index (κ2) is 7.33. The van der Waals surface area contributed by atoms with E-state index in [2.05, 4.69) is 44.8 Å². The Morgan fingerprint density at radius 3 is 2.50 bits per heavy atom. The van der Waals surface area contributed by atoms with Crippen LogP contribution in [-0.4, -0.2) is 11.9 Å². The zero-order valence-corrected chi connectivity index (χ0v) is 18.5. The monoisotopic (exact) mass is 383 g/mol. The van der Waals surface area contributed by atoms with Crippen molar-refractivity contribution in [3.05, 3.63) is 24.3 Å². The molecule has 4 rings (SSSR count). The van der Waals surface area contributed by atoms with Crippen molar-refractivity contribution in [1.82, 2.24) is 5.32 Å². The van der Waals surface area contributed by atoms with Crippen molar-refractivity contribution in [2.45, 2.75) is 104 Å². The lowest BCUT2D eigenvalue weighted by Crippen LogP contribution is -2.57. The van der Waals surface area contributed by atoms with Crippen LogP contribution in [0.15, 0.2) is 24.3 Å². The molecule has 1 N–H and O–H groups in total. The highest BCUT2D eigenvalue weighted by Crippen LogP contribution is 2.65. The van der Waals surface area contributed by atoms with E-state index in [1.807, 2.05) is 0 Å². The Bertz CT molecular complexity index is 659. The number of fused-ring (bicyclic) bond motifs is 3. The summed E-state index contributed by atoms with van der Waals surface area (Å²) in [6.45, 7) is 11.4. The fourth-order valence-electron chi connectivity index (χ4n) is 7.63. The van der Waals surface area contributed by atoms with Crippen LogP contribution in [0, 0.1) is 28.1 Å². The average molecular weight is 384 g/mol. The number of carbonyl (C=O) groups excluding carboxylic acids is 1. The molecule has 0 heterocycles. The second-order valence-electron chi connectivity index (χ2n) is 11.1. The molecule has 2 nitrogen and oxygen atoms in total. The molecule has 0 unspecified atom stereocenters. The summed E-state index contributed by atoms with van der Waals surface area (Å²) in [7, 11) is 0. The third-order valence-electron chi connectivity index (χ3n) is 9.48. The fraction of sp³-hybridized carbons (Fsp3) is 0.808. The van der Waals surface area contributed by atoms with E-state index in [-0.39, 0.29) is 16.2 Å². The molecule has 4 aliphatic carbocycles. The lowest BCUT2D eigenvalue weighted by atomic mass is 9.44. The Morgan fingerprint density at radius 1 is 1.04 bits per heavy atom. The third-order valence-corrected chi connectivity index (χ3v) is 9.48. The van der Waals surface area contributed by atoms with Crippen LogP contribution in [0.1, 0.15) is 97.8 Å². The van der Waals surface area contributed by atoms with Crippen molar-refractivity contribution < 1.29 is 4.79 Å². The van der Waals surface area contributed by atoms with Crippen molar-refractivity contribution >= 4 is 5.91 Å². The van der Waals surface area contributed by atoms with E-state index >= 15 is 0 Å². The van der Waals surface area contributed by atoms with E-state index < -0.39 is 0 Å². The van der Waals surface area contributed by atoms with Crippen LogP contribution in [-0.2, 0) is 4.79 Å². The van der Waals surface area contributed by atoms with E-state index in [1.165, 1.54) is 70.6 Å². The van der Waals surface area contributed by atoms with Crippen LogP contribution in [0.3, 0.4) is 0 Å². The highest BCUT2D eigenvalue weighted by molar-refractivity contribution is 5.83. The minimum atomic E-state index is -0.210. The van der Waals surface area contributed by atoms with Crippen molar-refractivity contribution in [3.8, 4) is 0 Å². The molecule has 3 fully saturated rings. The van der Waals surface area contributed by atoms with Gasteiger partial charge < -0.3 is 5.32 Å². The number of nitrogens with one attached hydrogen (secondary N) is 1. The number of allylic oxidation sites excluding steroid dienone is 3. The van der Waals surface area contributed by atoms with Gasteiger partial charge in [-0.15, -0.1) is 6.58 Å². The van der Waals surface area contributed by atoms with Crippen LogP contribution < -0.4 is 5.32 Å². The van der Waals surface area contributed by atoms with E-state index in [1.54, 1.807) is 5.57 Å². The van der Waals surface area contributed by atoms with Gasteiger partial charge in [0.2, 0.25) is 5.91 Å². The summed E-state index contributed by atoms with van der Waals surface area (Å²) in [5, 5.41) is 3.50. The molecule has 4 aliphatic rings. The zero-order chi connectivity index (χ0) is 20.0. The van der Waals surface area contributed by atoms with Gasteiger partial charge in [-0.25, -0.2) is 0 Å². The van der Waals surface area contributed by atoms with Crippen LogP contribution in [0.4, 0.5) is 0 Å². The normalized spacial score (nSPS) is 44.0. The Morgan fingerprint density at radius 2 is 1.79 bits per heavy atom. The predicted octanol–water partition coefficient (Wildman–Crippen LogP) is 6.57. The standard InChI is InChI=1S/C26H41NO/c1-5-24(2)16-9-13-21-20(24)14-15-22-25(21,3)17-10-18-26(22,4)23(28)27-19-11-7-6-8-12-19/h5,13,19-20,22H,1,6-12,14-18H2,2-4H3,(H,27,28)/t20-,22+,24+,25+,26-/m1/s1. The number of hydrogen-bond acceptors (Lipinski definition) is 1. The zero-order valence-electron chi connectivity index (χ0n) is 18.5. The molecule has 0 radical (unpaired) electrons. The quantitative estimate of drug-likeness (QED) is 0.549. The number of carbonyl (C=O) groups is 1. The van der Waals surface area contributed by atoms with Gasteiger partial charge in [0, 0.05) is 6.04 Å². The van der Waals surface area contributed by atoms with E-state index in [9.17, 15) is 4.79 Å². The summed E-state index contributed by atoms with van der Waals surface area (Å²) in [6.07, 6.45) is 19.3. The Balaban J connectivity index is 1.60. The van der Waals surface area contributed by atoms with Gasteiger partial charge in [0.15, 0.2) is 0 Å². The summed E-state index contributed by atoms with van der Waals surface area (Å²) in [4.78, 5) is 13.6. The second-order valence-corrected chi connectivity index (χ2v) is 11.1. The lowest BCUT2D eigenvalue weighted by molar-refractivity contribution is -0.143. The van der Waals surface area contributed by atoms with Crippen LogP contribution in [0.2, 0.25) is 0 Å². The van der Waals surface area contributed by atoms with E-state index in [0.717, 1.165) is 6.42 Å². The Labute approximate surface area is 172 Å². The van der Waals surface area contributed by atoms with Crippen molar-refractivity contribution in [2.75, 3.05) is 0 Å². The lowest BCUT2D eigenvalue weighted by Gasteiger charge is -2.60. The number of hydrogen-bond donors (Lipinski definition) is 1. The highest BCUT2D eigenvalue weighted by atomic mass is 16.2. The summed E-state index contributed by atoms with van der Waals surface area (Å²) in [5.74, 6) is 1.47. The maximum Gasteiger partial charge on any atom is 0.226 e. The number of rotatable bonds is 3. The maximum absolute atomic E-state index is 13.6. The topological polar surface area (TPSA) is 29.1 Å². The smallest absolute Gasteiger partial charge is 0.226 e. The third kappa shape index (κ3) is 3.10. The summed E-state index contributed by atoms with van der Waals surface area (Å²) >= 11 is 0. The first-order valence-electron chi connectivity index (χ1n) is 12.0. The molecule has 0 aromatic carbocycles. The first-order valence-corrected chi connectivity index (χ1v) is 12.0. The van der Waals surface area contributed by atoms with Crippen LogP contribution in [0.25, 0.3) is 0 Å². The first-order chi connectivity index (χ1) is 13.3. The maximum atomic E-state index is 13.6. The summed E-state index contributed by atoms with van der Waals surface area (Å²) in [5.41, 5.74) is 1.88. The molecule has 0 aromatic heterocycles. The highest BCUT2D eigenvalue weighted by Gasteiger charge is 2.58. The summed E-state index contributed by atoms with van der Waals surface area (Å²) < 4.78 is 0. The molecular formula is C26H41NO. The molecular weight excluding hydrogens is 342 g/mol. The number of amides is 1. The van der Waals surface area contributed by atoms with Crippen molar-refractivity contribution in [3.63, 3.8) is 0 Å². The van der Waals surface area contributed by atoms with Gasteiger partial charge in [-0.3, -0.25) is 4.79 Å². The Hall–Kier alpha value is -1.05. The largest absolute Gasteiger partial charge is 0.353 e. The van der Waals surface area contributed by atoms with Crippen LogP contribution in [0.5, 0.6) is 0 Å². The predicted molar refractivity (Wildman–Crippen MR) is 117 cm³/mol. The van der Waals surface area contributed by atoms with Gasteiger partial charge in [0.05, 0.1) is 5.41 Å².